The number of nitrogen functional groups attached to an aromatic ring is 2. The van der Waals surface area contributed by atoms with Crippen LogP contribution in [-0.4, -0.2) is 6.04 Å². The second-order valence-electron chi connectivity index (χ2n) is 5.24. The summed E-state index contributed by atoms with van der Waals surface area (Å²) in [5, 5.41) is -0.0853. The first-order valence-electron chi connectivity index (χ1n) is 6.75. The lowest BCUT2D eigenvalue weighted by Crippen LogP contribution is -2.31. The fraction of sp³-hybridized carbons (Fsp3) is 0.250. The number of nitrogens with zero attached hydrogens (tertiary/aromatic N) is 1. The van der Waals surface area contributed by atoms with Crippen molar-refractivity contribution in [1.29, 1.82) is 0 Å². The van der Waals surface area contributed by atoms with Gasteiger partial charge in [-0.3, -0.25) is 0 Å². The molecule has 2 aromatic carbocycles. The van der Waals surface area contributed by atoms with Crippen molar-refractivity contribution < 1.29 is 4.39 Å². The summed E-state index contributed by atoms with van der Waals surface area (Å²) in [5.41, 5.74) is 13.4. The molecule has 21 heavy (non-hydrogen) atoms. The van der Waals surface area contributed by atoms with Gasteiger partial charge in [-0.05, 0) is 25.5 Å². The first kappa shape index (κ1) is 15.4. The van der Waals surface area contributed by atoms with Crippen molar-refractivity contribution in [3.8, 4) is 0 Å². The van der Waals surface area contributed by atoms with Gasteiger partial charge in [-0.2, -0.15) is 0 Å². The molecule has 2 rings (SSSR count). The summed E-state index contributed by atoms with van der Waals surface area (Å²) in [4.78, 5) is 1.88. The van der Waals surface area contributed by atoms with Crippen LogP contribution in [0.1, 0.15) is 19.4 Å². The molecular weight excluding hydrogens is 289 g/mol. The molecule has 4 N–H and O–H groups in total. The second kappa shape index (κ2) is 6.22. The average Bonchev–Trinajstić information content (AvgIpc) is 2.45. The van der Waals surface area contributed by atoms with E-state index >= 15 is 0 Å². The zero-order valence-electron chi connectivity index (χ0n) is 12.1. The highest BCUT2D eigenvalue weighted by molar-refractivity contribution is 6.33. The minimum atomic E-state index is -0.571. The van der Waals surface area contributed by atoms with E-state index in [2.05, 4.69) is 0 Å². The van der Waals surface area contributed by atoms with Crippen LogP contribution < -0.4 is 16.4 Å². The molecular formula is C16H19ClFN3. The maximum Gasteiger partial charge on any atom is 0.169 e. The van der Waals surface area contributed by atoms with Crippen LogP contribution in [0.5, 0.6) is 0 Å². The van der Waals surface area contributed by atoms with Crippen LogP contribution in [0, 0.1) is 5.82 Å². The molecule has 0 aliphatic rings. The molecule has 0 bridgehead atoms. The topological polar surface area (TPSA) is 55.3 Å². The SMILES string of the molecule is CC(C)N(Cc1ccccc1)c1c(N)cc(N)c(Cl)c1F. The lowest BCUT2D eigenvalue weighted by Gasteiger charge is -2.31. The predicted molar refractivity (Wildman–Crippen MR) is 88.0 cm³/mol. The lowest BCUT2D eigenvalue weighted by atomic mass is 10.1. The van der Waals surface area contributed by atoms with Gasteiger partial charge in [-0.25, -0.2) is 4.39 Å². The van der Waals surface area contributed by atoms with Crippen LogP contribution in [0.4, 0.5) is 21.5 Å². The fourth-order valence-electron chi connectivity index (χ4n) is 2.25. The Morgan fingerprint density at radius 1 is 1.14 bits per heavy atom. The van der Waals surface area contributed by atoms with Crippen LogP contribution in [0.15, 0.2) is 36.4 Å². The van der Waals surface area contributed by atoms with Crippen molar-refractivity contribution in [2.24, 2.45) is 0 Å². The van der Waals surface area contributed by atoms with Gasteiger partial charge in [0.25, 0.3) is 0 Å². The molecule has 0 heterocycles. The molecule has 5 heteroatoms. The molecule has 0 fully saturated rings. The van der Waals surface area contributed by atoms with E-state index in [1.165, 1.54) is 6.07 Å². The Bertz CT molecular complexity index is 629. The maximum absolute atomic E-state index is 14.5. The normalized spacial score (nSPS) is 10.9. The molecule has 0 aliphatic carbocycles. The summed E-state index contributed by atoms with van der Waals surface area (Å²) in [6.07, 6.45) is 0. The van der Waals surface area contributed by atoms with Crippen LogP contribution >= 0.6 is 11.6 Å². The number of nitrogens with two attached hydrogens (primary N) is 2. The highest BCUT2D eigenvalue weighted by Gasteiger charge is 2.22. The molecule has 0 aromatic heterocycles. The Hall–Kier alpha value is -1.94. The van der Waals surface area contributed by atoms with E-state index in [-0.39, 0.29) is 16.8 Å². The van der Waals surface area contributed by atoms with E-state index in [0.29, 0.717) is 17.9 Å². The van der Waals surface area contributed by atoms with Crippen molar-refractivity contribution >= 4 is 28.7 Å². The first-order valence-corrected chi connectivity index (χ1v) is 7.13. The van der Waals surface area contributed by atoms with Gasteiger partial charge < -0.3 is 16.4 Å². The number of benzene rings is 2. The maximum atomic E-state index is 14.5. The summed E-state index contributed by atoms with van der Waals surface area (Å²) in [5.74, 6) is -0.571. The van der Waals surface area contributed by atoms with Crippen molar-refractivity contribution in [3.63, 3.8) is 0 Å². The first-order chi connectivity index (χ1) is 9.91. The highest BCUT2D eigenvalue weighted by Crippen LogP contribution is 2.37. The quantitative estimate of drug-likeness (QED) is 0.838. The third-order valence-corrected chi connectivity index (χ3v) is 3.73. The Balaban J connectivity index is 2.47. The van der Waals surface area contributed by atoms with Gasteiger partial charge in [0, 0.05) is 12.6 Å². The van der Waals surface area contributed by atoms with Crippen LogP contribution in [0.2, 0.25) is 5.02 Å². The summed E-state index contributed by atoms with van der Waals surface area (Å²) in [7, 11) is 0. The van der Waals surface area contributed by atoms with Gasteiger partial charge in [-0.15, -0.1) is 0 Å². The van der Waals surface area contributed by atoms with Crippen LogP contribution in [-0.2, 0) is 6.54 Å². The van der Waals surface area contributed by atoms with E-state index in [9.17, 15) is 4.39 Å². The summed E-state index contributed by atoms with van der Waals surface area (Å²) in [6.45, 7) is 4.50. The van der Waals surface area contributed by atoms with E-state index in [4.69, 9.17) is 23.1 Å². The Labute approximate surface area is 129 Å². The summed E-state index contributed by atoms with van der Waals surface area (Å²) >= 11 is 5.92. The fourth-order valence-corrected chi connectivity index (χ4v) is 2.39. The third-order valence-electron chi connectivity index (χ3n) is 3.34. The molecule has 0 radical (unpaired) electrons. The van der Waals surface area contributed by atoms with E-state index in [1.807, 2.05) is 49.1 Å². The minimum Gasteiger partial charge on any atom is -0.397 e. The van der Waals surface area contributed by atoms with E-state index in [0.717, 1.165) is 5.56 Å². The molecule has 2 aromatic rings. The molecule has 0 saturated carbocycles. The molecule has 3 nitrogen and oxygen atoms in total. The molecule has 0 amide bonds. The van der Waals surface area contributed by atoms with Crippen molar-refractivity contribution in [2.75, 3.05) is 16.4 Å². The zero-order valence-corrected chi connectivity index (χ0v) is 12.9. The summed E-state index contributed by atoms with van der Waals surface area (Å²) in [6, 6.07) is 11.4. The summed E-state index contributed by atoms with van der Waals surface area (Å²) < 4.78 is 14.5. The number of hydrogen-bond donors (Lipinski definition) is 2. The van der Waals surface area contributed by atoms with Gasteiger partial charge in [0.1, 0.15) is 5.02 Å². The zero-order chi connectivity index (χ0) is 15.6. The minimum absolute atomic E-state index is 0.0571. The molecule has 0 unspecified atom stereocenters. The van der Waals surface area contributed by atoms with E-state index < -0.39 is 5.82 Å². The number of hydrogen-bond acceptors (Lipinski definition) is 3. The van der Waals surface area contributed by atoms with Gasteiger partial charge in [0.15, 0.2) is 5.82 Å². The third kappa shape index (κ3) is 3.22. The van der Waals surface area contributed by atoms with Crippen molar-refractivity contribution in [2.45, 2.75) is 26.4 Å². The second-order valence-corrected chi connectivity index (χ2v) is 5.62. The average molecular weight is 308 g/mol. The molecule has 0 atom stereocenters. The molecule has 0 saturated heterocycles. The Morgan fingerprint density at radius 3 is 2.33 bits per heavy atom. The van der Waals surface area contributed by atoms with Crippen LogP contribution in [0.3, 0.4) is 0 Å². The monoisotopic (exact) mass is 307 g/mol. The molecule has 112 valence electrons. The standard InChI is InChI=1S/C16H19ClFN3/c1-10(2)21(9-11-6-4-3-5-7-11)16-13(20)8-12(19)14(17)15(16)18/h3-8,10H,9,19-20H2,1-2H3. The smallest absolute Gasteiger partial charge is 0.169 e. The number of halogens is 2. The van der Waals surface area contributed by atoms with E-state index in [1.54, 1.807) is 0 Å². The van der Waals surface area contributed by atoms with Gasteiger partial charge in [0.2, 0.25) is 0 Å². The number of rotatable bonds is 4. The van der Waals surface area contributed by atoms with Crippen molar-refractivity contribution in [1.82, 2.24) is 0 Å². The lowest BCUT2D eigenvalue weighted by molar-refractivity contribution is 0.600. The van der Waals surface area contributed by atoms with Gasteiger partial charge >= 0.3 is 0 Å². The van der Waals surface area contributed by atoms with Crippen molar-refractivity contribution in [3.05, 3.63) is 52.8 Å². The number of anilines is 3. The van der Waals surface area contributed by atoms with Gasteiger partial charge in [-0.1, -0.05) is 41.9 Å². The molecule has 0 spiro atoms. The molecule has 0 aliphatic heterocycles. The van der Waals surface area contributed by atoms with Gasteiger partial charge in [0.05, 0.1) is 17.1 Å². The highest BCUT2D eigenvalue weighted by atomic mass is 35.5. The predicted octanol–water partition coefficient (Wildman–Crippen LogP) is 4.06. The Morgan fingerprint density at radius 2 is 1.76 bits per heavy atom. The Kier molecular flexibility index (Phi) is 4.58. The largest absolute Gasteiger partial charge is 0.397 e. The van der Waals surface area contributed by atoms with Crippen LogP contribution in [0.25, 0.3) is 0 Å².